The molecule has 0 amide bonds. The Morgan fingerprint density at radius 1 is 0.667 bits per heavy atom. The van der Waals surface area contributed by atoms with Crippen LogP contribution in [0.2, 0.25) is 0 Å². The lowest BCUT2D eigenvalue weighted by Crippen LogP contribution is -2.22. The van der Waals surface area contributed by atoms with Gasteiger partial charge in [-0.25, -0.2) is 0 Å². The quantitative estimate of drug-likeness (QED) is 0.496. The van der Waals surface area contributed by atoms with Crippen LogP contribution in [0.4, 0.5) is 0 Å². The van der Waals surface area contributed by atoms with E-state index in [1.165, 1.54) is 70.5 Å². The first-order valence-corrected chi connectivity index (χ1v) is 6.85. The van der Waals surface area contributed by atoms with Crippen LogP contribution in [0.25, 0.3) is 0 Å². The van der Waals surface area contributed by atoms with E-state index in [0.29, 0.717) is 5.92 Å². The van der Waals surface area contributed by atoms with E-state index in [1.807, 2.05) is 0 Å². The smallest absolute Gasteiger partial charge is 0.123 e. The number of aldehydes is 1. The van der Waals surface area contributed by atoms with E-state index in [2.05, 4.69) is 0 Å². The van der Waals surface area contributed by atoms with Crippen molar-refractivity contribution in [3.8, 4) is 0 Å². The average molecular weight is 208 g/mol. The summed E-state index contributed by atoms with van der Waals surface area (Å²) in [7, 11) is 0. The Bertz CT molecular complexity index is 184. The molecule has 0 unspecified atom stereocenters. The number of hydrogen-bond donors (Lipinski definition) is 0. The fourth-order valence-electron chi connectivity index (χ4n) is 3.53. The lowest BCUT2D eigenvalue weighted by molar-refractivity contribution is -0.112. The van der Waals surface area contributed by atoms with Gasteiger partial charge in [0.05, 0.1) is 0 Å². The Kier molecular flexibility index (Phi) is 4.22. The number of hydrogen-bond acceptors (Lipinski definition) is 1. The molecule has 86 valence electrons. The highest BCUT2D eigenvalue weighted by Crippen LogP contribution is 2.38. The summed E-state index contributed by atoms with van der Waals surface area (Å²) in [4.78, 5) is 10.7. The molecule has 0 N–H and O–H groups in total. The molecule has 15 heavy (non-hydrogen) atoms. The van der Waals surface area contributed by atoms with Crippen molar-refractivity contribution < 1.29 is 4.79 Å². The maximum Gasteiger partial charge on any atom is 0.123 e. The molecule has 0 saturated heterocycles. The predicted octanol–water partition coefficient (Wildman–Crippen LogP) is 3.96. The van der Waals surface area contributed by atoms with Gasteiger partial charge in [0, 0.05) is 5.92 Å². The SMILES string of the molecule is O=CC1CCC(C2CCCCCC2)CC1. The minimum Gasteiger partial charge on any atom is -0.303 e. The first-order chi connectivity index (χ1) is 7.40. The minimum absolute atomic E-state index is 0.395. The minimum atomic E-state index is 0.395. The van der Waals surface area contributed by atoms with Gasteiger partial charge in [-0.1, -0.05) is 38.5 Å². The van der Waals surface area contributed by atoms with E-state index in [1.54, 1.807) is 0 Å². The van der Waals surface area contributed by atoms with Gasteiger partial charge in [0.25, 0.3) is 0 Å². The highest BCUT2D eigenvalue weighted by molar-refractivity contribution is 5.53. The molecule has 0 aliphatic heterocycles. The van der Waals surface area contributed by atoms with E-state index in [0.717, 1.165) is 11.8 Å². The fourth-order valence-corrected chi connectivity index (χ4v) is 3.53. The van der Waals surface area contributed by atoms with Crippen molar-refractivity contribution in [2.24, 2.45) is 17.8 Å². The second kappa shape index (κ2) is 5.67. The van der Waals surface area contributed by atoms with Crippen molar-refractivity contribution in [3.63, 3.8) is 0 Å². The second-order valence-corrected chi connectivity index (χ2v) is 5.56. The monoisotopic (exact) mass is 208 g/mol. The van der Waals surface area contributed by atoms with Gasteiger partial charge in [-0.15, -0.1) is 0 Å². The number of carbonyl (C=O) groups excluding carboxylic acids is 1. The third-order valence-corrected chi connectivity index (χ3v) is 4.58. The third kappa shape index (κ3) is 3.06. The molecule has 0 aromatic rings. The van der Waals surface area contributed by atoms with Crippen molar-refractivity contribution in [1.82, 2.24) is 0 Å². The first kappa shape index (κ1) is 11.2. The Labute approximate surface area is 93.6 Å². The molecule has 0 atom stereocenters. The molecule has 0 heterocycles. The first-order valence-electron chi connectivity index (χ1n) is 6.85. The van der Waals surface area contributed by atoms with Crippen LogP contribution in [0.3, 0.4) is 0 Å². The number of carbonyl (C=O) groups is 1. The Balaban J connectivity index is 1.80. The topological polar surface area (TPSA) is 17.1 Å². The molecule has 2 fully saturated rings. The van der Waals surface area contributed by atoms with Gasteiger partial charge in [-0.2, -0.15) is 0 Å². The van der Waals surface area contributed by atoms with Crippen LogP contribution in [0, 0.1) is 17.8 Å². The maximum absolute atomic E-state index is 10.7. The standard InChI is InChI=1S/C14H24O/c15-11-12-7-9-14(10-8-12)13-5-3-1-2-4-6-13/h11-14H,1-10H2. The maximum atomic E-state index is 10.7. The zero-order valence-electron chi connectivity index (χ0n) is 9.79. The van der Waals surface area contributed by atoms with Gasteiger partial charge in [-0.05, 0) is 37.5 Å². The van der Waals surface area contributed by atoms with Crippen LogP contribution >= 0.6 is 0 Å². The zero-order valence-corrected chi connectivity index (χ0v) is 9.79. The molecule has 0 aromatic carbocycles. The normalized spacial score (nSPS) is 34.7. The molecule has 0 spiro atoms. The lowest BCUT2D eigenvalue weighted by atomic mass is 9.74. The lowest BCUT2D eigenvalue weighted by Gasteiger charge is -2.31. The van der Waals surface area contributed by atoms with Gasteiger partial charge >= 0.3 is 0 Å². The summed E-state index contributed by atoms with van der Waals surface area (Å²) < 4.78 is 0. The summed E-state index contributed by atoms with van der Waals surface area (Å²) in [6, 6.07) is 0. The van der Waals surface area contributed by atoms with Gasteiger partial charge in [0.15, 0.2) is 0 Å². The van der Waals surface area contributed by atoms with Gasteiger partial charge in [0.2, 0.25) is 0 Å². The Morgan fingerprint density at radius 3 is 1.73 bits per heavy atom. The molecule has 2 saturated carbocycles. The molecule has 2 aliphatic rings. The highest BCUT2D eigenvalue weighted by atomic mass is 16.1. The predicted molar refractivity (Wildman–Crippen MR) is 62.7 cm³/mol. The average Bonchev–Trinajstić information content (AvgIpc) is 2.58. The van der Waals surface area contributed by atoms with Crippen molar-refractivity contribution >= 4 is 6.29 Å². The molecule has 1 heteroatoms. The van der Waals surface area contributed by atoms with Gasteiger partial charge in [0.1, 0.15) is 6.29 Å². The van der Waals surface area contributed by atoms with Crippen molar-refractivity contribution in [2.75, 3.05) is 0 Å². The summed E-state index contributed by atoms with van der Waals surface area (Å²) >= 11 is 0. The van der Waals surface area contributed by atoms with Crippen molar-refractivity contribution in [1.29, 1.82) is 0 Å². The van der Waals surface area contributed by atoms with E-state index in [9.17, 15) is 4.79 Å². The molecular weight excluding hydrogens is 184 g/mol. The van der Waals surface area contributed by atoms with Crippen LogP contribution in [-0.2, 0) is 4.79 Å². The largest absolute Gasteiger partial charge is 0.303 e. The van der Waals surface area contributed by atoms with E-state index >= 15 is 0 Å². The van der Waals surface area contributed by atoms with Crippen LogP contribution in [0.5, 0.6) is 0 Å². The van der Waals surface area contributed by atoms with Crippen molar-refractivity contribution in [3.05, 3.63) is 0 Å². The van der Waals surface area contributed by atoms with Crippen molar-refractivity contribution in [2.45, 2.75) is 64.2 Å². The van der Waals surface area contributed by atoms with E-state index in [4.69, 9.17) is 0 Å². The summed E-state index contributed by atoms with van der Waals surface area (Å²) in [6.45, 7) is 0. The van der Waals surface area contributed by atoms with Crippen LogP contribution in [0.15, 0.2) is 0 Å². The molecule has 0 bridgehead atoms. The van der Waals surface area contributed by atoms with Gasteiger partial charge < -0.3 is 4.79 Å². The Hall–Kier alpha value is -0.330. The Morgan fingerprint density at radius 2 is 1.20 bits per heavy atom. The summed E-state index contributed by atoms with van der Waals surface area (Å²) in [5, 5.41) is 0. The van der Waals surface area contributed by atoms with Crippen LogP contribution < -0.4 is 0 Å². The molecule has 0 radical (unpaired) electrons. The summed E-state index contributed by atoms with van der Waals surface area (Å²) in [6.07, 6.45) is 14.9. The number of rotatable bonds is 2. The highest BCUT2D eigenvalue weighted by Gasteiger charge is 2.27. The van der Waals surface area contributed by atoms with E-state index < -0.39 is 0 Å². The summed E-state index contributed by atoms with van der Waals surface area (Å²) in [5.41, 5.74) is 0. The van der Waals surface area contributed by atoms with E-state index in [-0.39, 0.29) is 0 Å². The van der Waals surface area contributed by atoms with Crippen LogP contribution in [0.1, 0.15) is 64.2 Å². The van der Waals surface area contributed by atoms with Gasteiger partial charge in [-0.3, -0.25) is 0 Å². The molecule has 2 aliphatic carbocycles. The molecular formula is C14H24O. The van der Waals surface area contributed by atoms with Crippen LogP contribution in [-0.4, -0.2) is 6.29 Å². The second-order valence-electron chi connectivity index (χ2n) is 5.56. The third-order valence-electron chi connectivity index (χ3n) is 4.58. The summed E-state index contributed by atoms with van der Waals surface area (Å²) in [5.74, 6) is 2.35. The zero-order chi connectivity index (χ0) is 10.5. The fraction of sp³-hybridized carbons (Fsp3) is 0.929. The molecule has 1 nitrogen and oxygen atoms in total. The molecule has 0 aromatic heterocycles. The molecule has 2 rings (SSSR count).